The summed E-state index contributed by atoms with van der Waals surface area (Å²) in [5.74, 6) is 3.35. The van der Waals surface area contributed by atoms with Gasteiger partial charge in [0, 0.05) is 66.0 Å². The molecule has 1 saturated heterocycles. The smallest absolute Gasteiger partial charge is 0.296 e. The van der Waals surface area contributed by atoms with E-state index in [-0.39, 0.29) is 11.4 Å². The maximum atomic E-state index is 11.9. The number of nitrogens with zero attached hydrogens (tertiary/aromatic N) is 7. The highest BCUT2D eigenvalue weighted by atomic mass is 16.1. The van der Waals surface area contributed by atoms with Crippen molar-refractivity contribution in [1.82, 2.24) is 29.7 Å². The second-order valence-electron chi connectivity index (χ2n) is 10.6. The number of carbonyl (C=O) groups excluding carboxylic acids is 1. The van der Waals surface area contributed by atoms with E-state index in [4.69, 9.17) is 11.4 Å². The quantitative estimate of drug-likeness (QED) is 0.417. The van der Waals surface area contributed by atoms with Crippen molar-refractivity contribution in [3.8, 4) is 40.7 Å². The van der Waals surface area contributed by atoms with Crippen molar-refractivity contribution < 1.29 is 4.79 Å². The summed E-state index contributed by atoms with van der Waals surface area (Å²) in [4.78, 5) is 19.2. The molecule has 4 aromatic heterocycles. The average molecular weight is 505 g/mol. The Labute approximate surface area is 221 Å². The molecule has 1 aliphatic carbocycles. The zero-order valence-electron chi connectivity index (χ0n) is 21.4. The van der Waals surface area contributed by atoms with E-state index < -0.39 is 0 Å². The number of hydrogen-bond donors (Lipinski definition) is 1. The number of anilines is 1. The van der Waals surface area contributed by atoms with Crippen LogP contribution in [0, 0.1) is 29.6 Å². The van der Waals surface area contributed by atoms with E-state index in [1.165, 1.54) is 12.8 Å². The van der Waals surface area contributed by atoms with Gasteiger partial charge >= 0.3 is 0 Å². The Balaban J connectivity index is 1.34. The van der Waals surface area contributed by atoms with Crippen LogP contribution in [0.25, 0.3) is 27.8 Å². The van der Waals surface area contributed by atoms with E-state index in [2.05, 4.69) is 57.5 Å². The maximum absolute atomic E-state index is 11.9. The standard InChI is InChI=1S/C29H28N8O/c1-4-27(38)34-29(2)9-10-36(25(12-29)19-5-6-19)26-8-7-20(14-31-26)24-11-21(23-16-32-35(3)17-23)18-37-28(24)22(13-30)15-33-37/h1,7-8,11,14-19,25H,5-6,9-10,12H2,2-3H3,(H,34,38). The summed E-state index contributed by atoms with van der Waals surface area (Å²) >= 11 is 0. The van der Waals surface area contributed by atoms with E-state index in [1.54, 1.807) is 15.4 Å². The fourth-order valence-electron chi connectivity index (χ4n) is 5.68. The molecule has 2 fully saturated rings. The number of terminal acetylenes is 1. The number of carbonyl (C=O) groups is 1. The van der Waals surface area contributed by atoms with Gasteiger partial charge in [-0.25, -0.2) is 9.50 Å². The van der Waals surface area contributed by atoms with Gasteiger partial charge in [-0.3, -0.25) is 9.48 Å². The van der Waals surface area contributed by atoms with Crippen LogP contribution in [-0.4, -0.2) is 48.4 Å². The van der Waals surface area contributed by atoms with Crippen molar-refractivity contribution >= 4 is 17.2 Å². The van der Waals surface area contributed by atoms with Crippen molar-refractivity contribution in [1.29, 1.82) is 5.26 Å². The van der Waals surface area contributed by atoms with Crippen molar-refractivity contribution in [2.24, 2.45) is 13.0 Å². The molecule has 1 saturated carbocycles. The lowest BCUT2D eigenvalue weighted by Crippen LogP contribution is -2.57. The minimum absolute atomic E-state index is 0.297. The molecule has 5 heterocycles. The summed E-state index contributed by atoms with van der Waals surface area (Å²) in [6, 6.07) is 8.76. The first-order valence-corrected chi connectivity index (χ1v) is 12.8. The third kappa shape index (κ3) is 4.26. The lowest BCUT2D eigenvalue weighted by atomic mass is 9.82. The van der Waals surface area contributed by atoms with Crippen LogP contribution in [0.1, 0.15) is 38.2 Å². The lowest BCUT2D eigenvalue weighted by molar-refractivity contribution is -0.117. The van der Waals surface area contributed by atoms with E-state index in [0.29, 0.717) is 17.5 Å². The molecule has 0 radical (unpaired) electrons. The molecular formula is C29H28N8O. The lowest BCUT2D eigenvalue weighted by Gasteiger charge is -2.46. The third-order valence-electron chi connectivity index (χ3n) is 7.80. The first-order chi connectivity index (χ1) is 18.4. The van der Waals surface area contributed by atoms with Crippen molar-refractivity contribution in [2.75, 3.05) is 11.4 Å². The van der Waals surface area contributed by atoms with Gasteiger partial charge in [-0.05, 0) is 62.6 Å². The SMILES string of the molecule is C#CC(=O)NC1(C)CCN(c2ccc(-c3cc(-c4cnn(C)c4)cn4ncc(C#N)c34)cn2)C(C2CC2)C1. The molecular weight excluding hydrogens is 476 g/mol. The molecule has 2 aliphatic rings. The van der Waals surface area contributed by atoms with Gasteiger partial charge in [0.2, 0.25) is 0 Å². The molecule has 0 aromatic carbocycles. The molecule has 0 spiro atoms. The van der Waals surface area contributed by atoms with Crippen molar-refractivity contribution in [3.05, 3.63) is 54.7 Å². The van der Waals surface area contributed by atoms with Crippen LogP contribution in [0.4, 0.5) is 5.82 Å². The second-order valence-corrected chi connectivity index (χ2v) is 10.6. The van der Waals surface area contributed by atoms with Gasteiger partial charge < -0.3 is 10.2 Å². The molecule has 0 bridgehead atoms. The van der Waals surface area contributed by atoms with Gasteiger partial charge in [0.25, 0.3) is 5.91 Å². The molecule has 1 N–H and O–H groups in total. The van der Waals surface area contributed by atoms with Crippen LogP contribution in [0.2, 0.25) is 0 Å². The number of rotatable bonds is 5. The van der Waals surface area contributed by atoms with Gasteiger partial charge in [-0.2, -0.15) is 15.5 Å². The van der Waals surface area contributed by atoms with Crippen LogP contribution in [0.15, 0.2) is 49.2 Å². The number of hydrogen-bond acceptors (Lipinski definition) is 6. The highest BCUT2D eigenvalue weighted by Gasteiger charge is 2.44. The van der Waals surface area contributed by atoms with E-state index >= 15 is 0 Å². The van der Waals surface area contributed by atoms with E-state index in [0.717, 1.165) is 53.0 Å². The Hall–Kier alpha value is -4.63. The molecule has 9 nitrogen and oxygen atoms in total. The summed E-state index contributed by atoms with van der Waals surface area (Å²) in [5.41, 5.74) is 4.67. The van der Waals surface area contributed by atoms with Gasteiger partial charge in [0.05, 0.1) is 23.5 Å². The predicted octanol–water partition coefficient (Wildman–Crippen LogP) is 3.56. The predicted molar refractivity (Wildman–Crippen MR) is 144 cm³/mol. The first-order valence-electron chi connectivity index (χ1n) is 12.8. The minimum Gasteiger partial charge on any atom is -0.353 e. The highest BCUT2D eigenvalue weighted by Crippen LogP contribution is 2.43. The number of pyridine rings is 2. The summed E-state index contributed by atoms with van der Waals surface area (Å²) in [6.07, 6.45) is 18.5. The maximum Gasteiger partial charge on any atom is 0.296 e. The van der Waals surface area contributed by atoms with Crippen LogP contribution in [0.5, 0.6) is 0 Å². The van der Waals surface area contributed by atoms with Gasteiger partial charge in [-0.15, -0.1) is 6.42 Å². The molecule has 6 rings (SSSR count). The summed E-state index contributed by atoms with van der Waals surface area (Å²) in [7, 11) is 1.88. The molecule has 9 heteroatoms. The normalized spacial score (nSPS) is 21.2. The summed E-state index contributed by atoms with van der Waals surface area (Å²) < 4.78 is 3.51. The molecule has 38 heavy (non-hydrogen) atoms. The molecule has 1 amide bonds. The van der Waals surface area contributed by atoms with Crippen LogP contribution >= 0.6 is 0 Å². The van der Waals surface area contributed by atoms with Crippen molar-refractivity contribution in [3.63, 3.8) is 0 Å². The number of fused-ring (bicyclic) bond motifs is 1. The average Bonchev–Trinajstić information content (AvgIpc) is 3.55. The highest BCUT2D eigenvalue weighted by molar-refractivity contribution is 5.93. The zero-order chi connectivity index (χ0) is 26.4. The number of nitrogens with one attached hydrogen (secondary N) is 1. The second kappa shape index (κ2) is 9.04. The van der Waals surface area contributed by atoms with E-state index in [1.807, 2.05) is 31.8 Å². The van der Waals surface area contributed by atoms with Gasteiger partial charge in [-0.1, -0.05) is 0 Å². The van der Waals surface area contributed by atoms with Crippen molar-refractivity contribution in [2.45, 2.75) is 44.2 Å². The number of aryl methyl sites for hydroxylation is 1. The Morgan fingerprint density at radius 2 is 2.00 bits per heavy atom. The minimum atomic E-state index is -0.352. The largest absolute Gasteiger partial charge is 0.353 e. The Kier molecular flexibility index (Phi) is 5.65. The van der Waals surface area contributed by atoms with Crippen LogP contribution in [0.3, 0.4) is 0 Å². The number of amides is 1. The topological polar surface area (TPSA) is 104 Å². The summed E-state index contributed by atoms with van der Waals surface area (Å²) in [6.45, 7) is 2.88. The summed E-state index contributed by atoms with van der Waals surface area (Å²) in [5, 5.41) is 21.5. The number of aromatic nitrogens is 5. The fourth-order valence-corrected chi connectivity index (χ4v) is 5.68. The Morgan fingerprint density at radius 1 is 1.16 bits per heavy atom. The molecule has 4 aromatic rings. The van der Waals surface area contributed by atoms with Gasteiger partial charge in [0.15, 0.2) is 0 Å². The van der Waals surface area contributed by atoms with E-state index in [9.17, 15) is 10.1 Å². The first kappa shape index (κ1) is 23.7. The molecule has 2 atom stereocenters. The molecule has 190 valence electrons. The zero-order valence-corrected chi connectivity index (χ0v) is 21.4. The number of nitriles is 1. The molecule has 1 aliphatic heterocycles. The van der Waals surface area contributed by atoms with Crippen LogP contribution < -0.4 is 10.2 Å². The monoisotopic (exact) mass is 504 g/mol. The molecule has 2 unspecified atom stereocenters. The fraction of sp³-hybridized carbons (Fsp3) is 0.345. The Morgan fingerprint density at radius 3 is 2.66 bits per heavy atom. The Bertz CT molecular complexity index is 1610. The van der Waals surface area contributed by atoms with Gasteiger partial charge in [0.1, 0.15) is 11.9 Å². The third-order valence-corrected chi connectivity index (χ3v) is 7.80. The van der Waals surface area contributed by atoms with Crippen LogP contribution in [-0.2, 0) is 11.8 Å². The number of piperidine rings is 1.